The molecule has 0 atom stereocenters. The van der Waals surface area contributed by atoms with Gasteiger partial charge in [-0.2, -0.15) is 0 Å². The minimum atomic E-state index is -0.393. The van der Waals surface area contributed by atoms with Crippen LogP contribution in [-0.4, -0.2) is 11.3 Å². The average Bonchev–Trinajstić information content (AvgIpc) is 1.71. The molecule has 80 heavy (non-hydrogen) atoms. The van der Waals surface area contributed by atoms with E-state index in [1.165, 1.54) is 64.6 Å². The van der Waals surface area contributed by atoms with Crippen LogP contribution in [0.3, 0.4) is 0 Å². The van der Waals surface area contributed by atoms with E-state index in [4.69, 9.17) is 1.37 Å². The lowest BCUT2D eigenvalue weighted by Crippen LogP contribution is -2.60. The van der Waals surface area contributed by atoms with Gasteiger partial charge in [0.2, 0.25) is 0 Å². The zero-order valence-electron chi connectivity index (χ0n) is 54.1. The van der Waals surface area contributed by atoms with E-state index in [-0.39, 0.29) is 68.9 Å². The Hall–Kier alpha value is -6.82. The first-order valence-corrected chi connectivity index (χ1v) is 30.3. The SMILES string of the molecule is [2H]c1c([2H])c([2H])c(-c2cc3c(cc2N2c4cc(-n5c6ccccc6c6ccccc65)ccc4B4c5sc6cc7c(cc6c5N(c5ccc6c(c5)C(C)(C)CCC6(C)C)c5cc(C)cc2c54)C(C)(C)CCC7(C)C)C(C)(C)CCC3(C)C)c([2H])c1[2H]. The smallest absolute Gasteiger partial charge is 0.264 e. The Balaban J connectivity index is 1.11. The van der Waals surface area contributed by atoms with Crippen LogP contribution in [0.15, 0.2) is 152 Å². The maximum atomic E-state index is 9.80. The maximum absolute atomic E-state index is 9.80. The van der Waals surface area contributed by atoms with Crippen LogP contribution in [0.1, 0.15) is 167 Å². The zero-order chi connectivity index (χ0) is 59.7. The molecule has 2 aromatic heterocycles. The number of fused-ring (bicyclic) bond motifs is 12. The second kappa shape index (κ2) is 16.7. The molecule has 0 saturated heterocycles. The van der Waals surface area contributed by atoms with Crippen LogP contribution in [0.4, 0.5) is 34.1 Å². The summed E-state index contributed by atoms with van der Waals surface area (Å²) in [5.74, 6) is 0. The molecule has 0 amide bonds. The standard InChI is InChI=1S/C75H76BN3S/c1-45-37-64-67-65(38-45)79(62-43-57-55(72(6,7)33-35-74(57,10)11)41-51(62)46-21-15-14-16-22-46)63-40-48(77-60-25-19-17-23-49(60)50-24-18-20-26-61(50)77)28-30-59(63)76(67)69-68(52-42-56-58(44-66(52)80-69)75(12,13)36-34-73(56,8)9)78(64)47-27-29-53-54(39-47)71(4,5)32-31-70(53,2)3/h14-30,37-44H,31-36H2,1-13H3/i14D,15D,16D,21D,22D. The highest BCUT2D eigenvalue weighted by molar-refractivity contribution is 7.33. The number of anilines is 6. The second-order valence-electron chi connectivity index (χ2n) is 28.6. The first kappa shape index (κ1) is 44.9. The first-order chi connectivity index (χ1) is 40.1. The average molecular weight is 1070 g/mol. The van der Waals surface area contributed by atoms with Crippen LogP contribution in [0.5, 0.6) is 0 Å². The third-order valence-corrected chi connectivity index (χ3v) is 21.9. The van der Waals surface area contributed by atoms with Crippen LogP contribution in [0.25, 0.3) is 48.7 Å². The van der Waals surface area contributed by atoms with Crippen LogP contribution < -0.4 is 25.5 Å². The number of hydrogen-bond donors (Lipinski definition) is 0. The van der Waals surface area contributed by atoms with Gasteiger partial charge in [0.05, 0.1) is 29.3 Å². The number of hydrogen-bond acceptors (Lipinski definition) is 3. The number of thiophene rings is 1. The maximum Gasteiger partial charge on any atom is 0.264 e. The molecule has 400 valence electrons. The molecule has 2 aliphatic heterocycles. The summed E-state index contributed by atoms with van der Waals surface area (Å²) in [5, 5.41) is 3.67. The molecule has 5 heteroatoms. The Morgan fingerprint density at radius 1 is 0.450 bits per heavy atom. The van der Waals surface area contributed by atoms with Crippen molar-refractivity contribution in [3.05, 3.63) is 190 Å². The minimum absolute atomic E-state index is 0.00572. The third kappa shape index (κ3) is 7.10. The fraction of sp³-hybridized carbons (Fsp3) is 0.333. The highest BCUT2D eigenvalue weighted by Crippen LogP contribution is 2.57. The molecule has 3 aliphatic carbocycles. The van der Waals surface area contributed by atoms with E-state index in [9.17, 15) is 5.48 Å². The molecule has 15 rings (SSSR count). The van der Waals surface area contributed by atoms with Crippen molar-refractivity contribution in [2.75, 3.05) is 9.80 Å². The highest BCUT2D eigenvalue weighted by Gasteiger charge is 2.49. The largest absolute Gasteiger partial charge is 0.311 e. The van der Waals surface area contributed by atoms with Crippen LogP contribution in [0.2, 0.25) is 0 Å². The number of aryl methyl sites for hydroxylation is 1. The molecule has 5 aliphatic rings. The molecule has 3 nitrogen and oxygen atoms in total. The molecule has 0 spiro atoms. The fourth-order valence-electron chi connectivity index (χ4n) is 15.6. The molecule has 8 aromatic carbocycles. The summed E-state index contributed by atoms with van der Waals surface area (Å²) in [7, 11) is 0. The quantitative estimate of drug-likeness (QED) is 0.163. The summed E-state index contributed by atoms with van der Waals surface area (Å²) in [6, 6.07) is 45.1. The number of rotatable bonds is 4. The third-order valence-electron chi connectivity index (χ3n) is 20.7. The Morgan fingerprint density at radius 3 is 1.57 bits per heavy atom. The predicted molar refractivity (Wildman–Crippen MR) is 346 cm³/mol. The predicted octanol–water partition coefficient (Wildman–Crippen LogP) is 19.1. The first-order valence-electron chi connectivity index (χ1n) is 32.0. The Bertz CT molecular complexity index is 4530. The van der Waals surface area contributed by atoms with Gasteiger partial charge in [0.25, 0.3) is 6.71 Å². The Morgan fingerprint density at radius 2 is 0.963 bits per heavy atom. The van der Waals surface area contributed by atoms with E-state index >= 15 is 0 Å². The van der Waals surface area contributed by atoms with Crippen molar-refractivity contribution in [3.63, 3.8) is 0 Å². The van der Waals surface area contributed by atoms with E-state index in [2.05, 4.69) is 226 Å². The van der Waals surface area contributed by atoms with Crippen molar-refractivity contribution in [3.8, 4) is 16.8 Å². The molecule has 0 fully saturated rings. The minimum Gasteiger partial charge on any atom is -0.311 e. The van der Waals surface area contributed by atoms with Gasteiger partial charge in [-0.05, 0) is 206 Å². The van der Waals surface area contributed by atoms with Gasteiger partial charge in [0, 0.05) is 59.6 Å². The topological polar surface area (TPSA) is 11.4 Å². The normalized spacial score (nSPS) is 20.2. The van der Waals surface area contributed by atoms with E-state index in [1.54, 1.807) is 0 Å². The van der Waals surface area contributed by atoms with Gasteiger partial charge in [-0.25, -0.2) is 0 Å². The van der Waals surface area contributed by atoms with E-state index < -0.39 is 6.04 Å². The number of aromatic nitrogens is 1. The summed E-state index contributed by atoms with van der Waals surface area (Å²) >= 11 is 1.96. The summed E-state index contributed by atoms with van der Waals surface area (Å²) in [6.07, 6.45) is 6.43. The lowest BCUT2D eigenvalue weighted by Gasteiger charge is -2.46. The van der Waals surface area contributed by atoms with Crippen molar-refractivity contribution in [1.29, 1.82) is 0 Å². The van der Waals surface area contributed by atoms with Gasteiger partial charge in [0.15, 0.2) is 0 Å². The molecule has 4 heterocycles. The highest BCUT2D eigenvalue weighted by atomic mass is 32.1. The van der Waals surface area contributed by atoms with Crippen LogP contribution in [0, 0.1) is 6.92 Å². The summed E-state index contributed by atoms with van der Waals surface area (Å²) in [5.41, 5.74) is 21.7. The van der Waals surface area contributed by atoms with Crippen molar-refractivity contribution >= 4 is 99.8 Å². The van der Waals surface area contributed by atoms with Gasteiger partial charge in [-0.3, -0.25) is 0 Å². The molecule has 0 unspecified atom stereocenters. The summed E-state index contributed by atoms with van der Waals surface area (Å²) in [4.78, 5) is 5.11. The summed E-state index contributed by atoms with van der Waals surface area (Å²) < 4.78 is 51.9. The molecule has 0 bridgehead atoms. The number of nitrogens with zero attached hydrogens (tertiary/aromatic N) is 3. The summed E-state index contributed by atoms with van der Waals surface area (Å²) in [6.45, 7) is 30.9. The van der Waals surface area contributed by atoms with Gasteiger partial charge >= 0.3 is 0 Å². The van der Waals surface area contributed by atoms with Gasteiger partial charge < -0.3 is 14.4 Å². The zero-order valence-corrected chi connectivity index (χ0v) is 49.9. The molecule has 0 N–H and O–H groups in total. The second-order valence-corrected chi connectivity index (χ2v) is 29.7. The number of para-hydroxylation sites is 2. The fourth-order valence-corrected chi connectivity index (χ4v) is 17.0. The lowest BCUT2D eigenvalue weighted by molar-refractivity contribution is 0.332. The van der Waals surface area contributed by atoms with Crippen molar-refractivity contribution in [1.82, 2.24) is 4.57 Å². The van der Waals surface area contributed by atoms with Gasteiger partial charge in [-0.1, -0.05) is 162 Å². The van der Waals surface area contributed by atoms with Crippen molar-refractivity contribution in [2.24, 2.45) is 0 Å². The van der Waals surface area contributed by atoms with E-state index in [0.717, 1.165) is 100 Å². The Kier molecular flexibility index (Phi) is 9.34. The monoisotopic (exact) mass is 1070 g/mol. The van der Waals surface area contributed by atoms with E-state index in [1.807, 2.05) is 11.3 Å². The Labute approximate surface area is 486 Å². The van der Waals surface area contributed by atoms with Crippen molar-refractivity contribution < 1.29 is 6.85 Å². The van der Waals surface area contributed by atoms with Gasteiger partial charge in [-0.15, -0.1) is 11.3 Å². The van der Waals surface area contributed by atoms with Crippen LogP contribution >= 0.6 is 11.3 Å². The van der Waals surface area contributed by atoms with Gasteiger partial charge in [0.1, 0.15) is 0 Å². The molecular weight excluding hydrogens is 986 g/mol. The molecule has 10 aromatic rings. The van der Waals surface area contributed by atoms with Crippen molar-refractivity contribution in [2.45, 2.75) is 161 Å². The van der Waals surface area contributed by atoms with Crippen LogP contribution in [-0.2, 0) is 32.5 Å². The molecular formula is C75H76BN3S. The molecule has 0 radical (unpaired) electrons. The van der Waals surface area contributed by atoms with E-state index in [0.29, 0.717) is 5.56 Å². The molecule has 0 saturated carbocycles. The number of benzene rings is 8. The lowest BCUT2D eigenvalue weighted by atomic mass is 9.36.